The highest BCUT2D eigenvalue weighted by Gasteiger charge is 2.27. The van der Waals surface area contributed by atoms with Gasteiger partial charge in [-0.25, -0.2) is 0 Å². The lowest BCUT2D eigenvalue weighted by molar-refractivity contribution is 0.343. The van der Waals surface area contributed by atoms with Crippen LogP contribution in [0.25, 0.3) is 0 Å². The highest BCUT2D eigenvalue weighted by molar-refractivity contribution is 4.86. The Labute approximate surface area is 87.0 Å². The van der Waals surface area contributed by atoms with E-state index in [0.29, 0.717) is 12.1 Å². The molecule has 0 aromatic rings. The van der Waals surface area contributed by atoms with E-state index in [1.807, 2.05) is 0 Å². The molecular formula is C11H23N3. The number of nitrogens with one attached hydrogen (secondary N) is 1. The third kappa shape index (κ3) is 2.47. The van der Waals surface area contributed by atoms with Gasteiger partial charge in [0.15, 0.2) is 0 Å². The normalized spacial score (nSPS) is 36.4. The van der Waals surface area contributed by atoms with Crippen molar-refractivity contribution in [1.82, 2.24) is 10.2 Å². The maximum atomic E-state index is 6.25. The fourth-order valence-corrected chi connectivity index (χ4v) is 2.80. The van der Waals surface area contributed by atoms with E-state index >= 15 is 0 Å². The fourth-order valence-electron chi connectivity index (χ4n) is 2.80. The molecule has 0 aromatic heterocycles. The molecule has 2 heterocycles. The van der Waals surface area contributed by atoms with Crippen molar-refractivity contribution in [3.8, 4) is 0 Å². The Morgan fingerprint density at radius 2 is 2.36 bits per heavy atom. The minimum absolute atomic E-state index is 0.413. The minimum Gasteiger partial charge on any atom is -0.327 e. The van der Waals surface area contributed by atoms with Crippen molar-refractivity contribution in [2.24, 2.45) is 11.7 Å². The molecule has 3 nitrogen and oxygen atoms in total. The molecule has 14 heavy (non-hydrogen) atoms. The molecule has 0 amide bonds. The molecule has 2 aliphatic rings. The zero-order valence-corrected chi connectivity index (χ0v) is 9.21. The van der Waals surface area contributed by atoms with Gasteiger partial charge in [-0.1, -0.05) is 0 Å². The van der Waals surface area contributed by atoms with E-state index in [-0.39, 0.29) is 0 Å². The zero-order valence-electron chi connectivity index (χ0n) is 9.21. The second-order valence-electron chi connectivity index (χ2n) is 5.00. The summed E-state index contributed by atoms with van der Waals surface area (Å²) in [5.74, 6) is 0.738. The highest BCUT2D eigenvalue weighted by Crippen LogP contribution is 2.21. The second-order valence-corrected chi connectivity index (χ2v) is 5.00. The summed E-state index contributed by atoms with van der Waals surface area (Å²) in [5.41, 5.74) is 6.25. The van der Waals surface area contributed by atoms with Crippen LogP contribution in [0.1, 0.15) is 25.7 Å². The Kier molecular flexibility index (Phi) is 3.42. The van der Waals surface area contributed by atoms with E-state index in [9.17, 15) is 0 Å². The van der Waals surface area contributed by atoms with Crippen LogP contribution < -0.4 is 11.1 Å². The maximum absolute atomic E-state index is 6.25. The molecule has 3 heteroatoms. The quantitative estimate of drug-likeness (QED) is 0.688. The van der Waals surface area contributed by atoms with Crippen molar-refractivity contribution < 1.29 is 0 Å². The number of nitrogens with two attached hydrogens (primary N) is 1. The molecule has 0 bridgehead atoms. The van der Waals surface area contributed by atoms with E-state index in [2.05, 4.69) is 17.3 Å². The fraction of sp³-hybridized carbons (Fsp3) is 1.00. The van der Waals surface area contributed by atoms with Crippen LogP contribution in [0, 0.1) is 5.92 Å². The Bertz CT molecular complexity index is 177. The van der Waals surface area contributed by atoms with Gasteiger partial charge in [-0.3, -0.25) is 0 Å². The van der Waals surface area contributed by atoms with E-state index in [0.717, 1.165) is 5.92 Å². The van der Waals surface area contributed by atoms with Gasteiger partial charge < -0.3 is 16.0 Å². The molecule has 3 atom stereocenters. The molecule has 0 aliphatic carbocycles. The Morgan fingerprint density at radius 1 is 1.50 bits per heavy atom. The van der Waals surface area contributed by atoms with E-state index in [1.165, 1.54) is 45.3 Å². The summed E-state index contributed by atoms with van der Waals surface area (Å²) in [4.78, 5) is 2.40. The van der Waals surface area contributed by atoms with Crippen LogP contribution in [0.15, 0.2) is 0 Å². The third-order valence-corrected chi connectivity index (χ3v) is 3.75. The van der Waals surface area contributed by atoms with Gasteiger partial charge in [-0.15, -0.1) is 0 Å². The first-order valence-electron chi connectivity index (χ1n) is 5.93. The summed E-state index contributed by atoms with van der Waals surface area (Å²) >= 11 is 0. The van der Waals surface area contributed by atoms with Crippen LogP contribution in [0.3, 0.4) is 0 Å². The van der Waals surface area contributed by atoms with E-state index in [4.69, 9.17) is 5.73 Å². The number of nitrogens with zero attached hydrogens (tertiary/aromatic N) is 1. The Hall–Kier alpha value is -0.120. The lowest BCUT2D eigenvalue weighted by Gasteiger charge is -2.22. The molecule has 3 N–H and O–H groups in total. The number of hydrogen-bond donors (Lipinski definition) is 2. The van der Waals surface area contributed by atoms with Gasteiger partial charge in [0.2, 0.25) is 0 Å². The van der Waals surface area contributed by atoms with Crippen LogP contribution in [-0.4, -0.2) is 43.7 Å². The Morgan fingerprint density at radius 3 is 2.93 bits per heavy atom. The van der Waals surface area contributed by atoms with Gasteiger partial charge in [-0.05, 0) is 51.7 Å². The molecule has 0 saturated carbocycles. The van der Waals surface area contributed by atoms with Crippen LogP contribution in [0.4, 0.5) is 0 Å². The molecule has 2 aliphatic heterocycles. The standard InChI is InChI=1S/C11H23N3/c1-14-6-4-9(8-14)11(12)7-10-3-2-5-13-10/h9-11,13H,2-8,12H2,1H3. The zero-order chi connectivity index (χ0) is 9.97. The first-order valence-corrected chi connectivity index (χ1v) is 5.93. The molecule has 0 radical (unpaired) electrons. The van der Waals surface area contributed by atoms with E-state index in [1.54, 1.807) is 0 Å². The Balaban J connectivity index is 1.74. The predicted molar refractivity (Wildman–Crippen MR) is 59.2 cm³/mol. The van der Waals surface area contributed by atoms with Crippen LogP contribution in [-0.2, 0) is 0 Å². The van der Waals surface area contributed by atoms with Gasteiger partial charge in [0.25, 0.3) is 0 Å². The average molecular weight is 197 g/mol. The number of hydrogen-bond acceptors (Lipinski definition) is 3. The summed E-state index contributed by atoms with van der Waals surface area (Å²) < 4.78 is 0. The largest absolute Gasteiger partial charge is 0.327 e. The van der Waals surface area contributed by atoms with E-state index < -0.39 is 0 Å². The summed E-state index contributed by atoms with van der Waals surface area (Å²) in [6.07, 6.45) is 5.14. The monoisotopic (exact) mass is 197 g/mol. The second kappa shape index (κ2) is 4.60. The summed E-state index contributed by atoms with van der Waals surface area (Å²) in [6, 6.07) is 1.12. The molecule has 0 aromatic carbocycles. The maximum Gasteiger partial charge on any atom is 0.00946 e. The molecular weight excluding hydrogens is 174 g/mol. The minimum atomic E-state index is 0.413. The molecule has 2 rings (SSSR count). The smallest absolute Gasteiger partial charge is 0.00946 e. The average Bonchev–Trinajstić information content (AvgIpc) is 2.75. The van der Waals surface area contributed by atoms with Gasteiger partial charge in [0.1, 0.15) is 0 Å². The molecule has 2 saturated heterocycles. The number of likely N-dealkylation sites (tertiary alicyclic amines) is 1. The molecule has 3 unspecified atom stereocenters. The van der Waals surface area contributed by atoms with Crippen LogP contribution in [0.2, 0.25) is 0 Å². The van der Waals surface area contributed by atoms with Crippen molar-refractivity contribution in [2.75, 3.05) is 26.7 Å². The van der Waals surface area contributed by atoms with Crippen molar-refractivity contribution in [2.45, 2.75) is 37.8 Å². The SMILES string of the molecule is CN1CCC(C(N)CC2CCCN2)C1. The van der Waals surface area contributed by atoms with Gasteiger partial charge >= 0.3 is 0 Å². The summed E-state index contributed by atoms with van der Waals surface area (Å²) in [7, 11) is 2.19. The topological polar surface area (TPSA) is 41.3 Å². The van der Waals surface area contributed by atoms with Gasteiger partial charge in [-0.2, -0.15) is 0 Å². The van der Waals surface area contributed by atoms with Crippen molar-refractivity contribution in [1.29, 1.82) is 0 Å². The van der Waals surface area contributed by atoms with Gasteiger partial charge in [0, 0.05) is 18.6 Å². The molecule has 2 fully saturated rings. The first kappa shape index (κ1) is 10.4. The van der Waals surface area contributed by atoms with Crippen molar-refractivity contribution in [3.05, 3.63) is 0 Å². The lowest BCUT2D eigenvalue weighted by Crippen LogP contribution is -2.38. The highest BCUT2D eigenvalue weighted by atomic mass is 15.1. The predicted octanol–water partition coefficient (Wildman–Crippen LogP) is 0.408. The third-order valence-electron chi connectivity index (χ3n) is 3.75. The summed E-state index contributed by atoms with van der Waals surface area (Å²) in [5, 5.41) is 3.53. The molecule has 0 spiro atoms. The first-order chi connectivity index (χ1) is 6.75. The lowest BCUT2D eigenvalue weighted by atomic mass is 9.93. The number of rotatable bonds is 3. The van der Waals surface area contributed by atoms with Crippen molar-refractivity contribution >= 4 is 0 Å². The van der Waals surface area contributed by atoms with Crippen LogP contribution in [0.5, 0.6) is 0 Å². The summed E-state index contributed by atoms with van der Waals surface area (Å²) in [6.45, 7) is 3.63. The van der Waals surface area contributed by atoms with Crippen molar-refractivity contribution in [3.63, 3.8) is 0 Å². The van der Waals surface area contributed by atoms with Crippen LogP contribution >= 0.6 is 0 Å². The van der Waals surface area contributed by atoms with Gasteiger partial charge in [0.05, 0.1) is 0 Å². The molecule has 82 valence electrons.